The van der Waals surface area contributed by atoms with Crippen LogP contribution in [0.5, 0.6) is 0 Å². The van der Waals surface area contributed by atoms with Crippen LogP contribution in [-0.4, -0.2) is 51.9 Å². The number of carbonyl (C=O) groups excluding carboxylic acids is 1. The summed E-state index contributed by atoms with van der Waals surface area (Å²) in [5, 5.41) is 0. The Labute approximate surface area is 137 Å². The molecule has 1 amide bonds. The van der Waals surface area contributed by atoms with Crippen LogP contribution in [0, 0.1) is 0 Å². The molecule has 0 aromatic heterocycles. The van der Waals surface area contributed by atoms with Gasteiger partial charge >= 0.3 is 0 Å². The average molecular weight is 340 g/mol. The fourth-order valence-corrected chi connectivity index (χ4v) is 3.44. The van der Waals surface area contributed by atoms with E-state index in [0.717, 1.165) is 25.2 Å². The number of anilines is 2. The van der Waals surface area contributed by atoms with Gasteiger partial charge in [-0.15, -0.1) is 0 Å². The first-order chi connectivity index (χ1) is 10.9. The van der Waals surface area contributed by atoms with Crippen molar-refractivity contribution >= 4 is 27.5 Å². The van der Waals surface area contributed by atoms with Gasteiger partial charge in [0.25, 0.3) is 10.2 Å². The van der Waals surface area contributed by atoms with Crippen LogP contribution < -0.4 is 14.3 Å². The van der Waals surface area contributed by atoms with E-state index in [-0.39, 0.29) is 5.91 Å². The second-order valence-electron chi connectivity index (χ2n) is 5.54. The molecular weight excluding hydrogens is 316 g/mol. The number of benzene rings is 1. The zero-order valence-electron chi connectivity index (χ0n) is 13.6. The molecule has 1 aliphatic heterocycles. The van der Waals surface area contributed by atoms with Gasteiger partial charge in [-0.3, -0.25) is 9.52 Å². The summed E-state index contributed by atoms with van der Waals surface area (Å²) in [6.45, 7) is 6.89. The van der Waals surface area contributed by atoms with Crippen LogP contribution in [0.3, 0.4) is 0 Å². The molecule has 1 aromatic carbocycles. The van der Waals surface area contributed by atoms with Gasteiger partial charge in [0.05, 0.1) is 0 Å². The summed E-state index contributed by atoms with van der Waals surface area (Å²) in [5.41, 5.74) is 1.55. The molecule has 1 saturated heterocycles. The summed E-state index contributed by atoms with van der Waals surface area (Å²) >= 11 is 0. The zero-order valence-corrected chi connectivity index (χ0v) is 14.4. The maximum Gasteiger partial charge on any atom is 0.299 e. The summed E-state index contributed by atoms with van der Waals surface area (Å²) in [6.07, 6.45) is 0.742. The lowest BCUT2D eigenvalue weighted by atomic mass is 10.2. The molecule has 23 heavy (non-hydrogen) atoms. The van der Waals surface area contributed by atoms with Crippen LogP contribution >= 0.6 is 0 Å². The van der Waals surface area contributed by atoms with Gasteiger partial charge in [0, 0.05) is 51.0 Å². The van der Waals surface area contributed by atoms with Crippen LogP contribution in [0.4, 0.5) is 11.4 Å². The molecule has 8 heteroatoms. The largest absolute Gasteiger partial charge is 0.368 e. The van der Waals surface area contributed by atoms with Gasteiger partial charge in [-0.2, -0.15) is 13.1 Å². The number of amides is 1. The van der Waals surface area contributed by atoms with Crippen molar-refractivity contribution in [2.24, 2.45) is 0 Å². The van der Waals surface area contributed by atoms with Gasteiger partial charge in [-0.25, -0.2) is 0 Å². The summed E-state index contributed by atoms with van der Waals surface area (Å²) in [7, 11) is -3.51. The Morgan fingerprint density at radius 3 is 2.26 bits per heavy atom. The van der Waals surface area contributed by atoms with Gasteiger partial charge < -0.3 is 9.80 Å². The molecule has 1 aliphatic rings. The molecule has 1 aromatic rings. The fraction of sp³-hybridized carbons (Fsp3) is 0.533. The molecule has 1 fully saturated rings. The summed E-state index contributed by atoms with van der Waals surface area (Å²) in [5.74, 6) is 0.106. The SMILES string of the molecule is CCCNS(=O)(=O)Nc1ccc(N2CCN(C(C)=O)CC2)cc1. The van der Waals surface area contributed by atoms with Crippen molar-refractivity contribution in [3.05, 3.63) is 24.3 Å². The third-order valence-electron chi connectivity index (χ3n) is 3.75. The highest BCUT2D eigenvalue weighted by molar-refractivity contribution is 7.90. The molecule has 1 heterocycles. The number of rotatable bonds is 6. The molecule has 128 valence electrons. The minimum atomic E-state index is -3.51. The van der Waals surface area contributed by atoms with Crippen LogP contribution in [0.15, 0.2) is 24.3 Å². The Bertz CT molecular complexity index is 623. The smallest absolute Gasteiger partial charge is 0.299 e. The van der Waals surface area contributed by atoms with E-state index in [2.05, 4.69) is 14.3 Å². The summed E-state index contributed by atoms with van der Waals surface area (Å²) in [4.78, 5) is 15.4. The monoisotopic (exact) mass is 340 g/mol. The van der Waals surface area contributed by atoms with Crippen molar-refractivity contribution in [2.45, 2.75) is 20.3 Å². The Hall–Kier alpha value is -1.80. The van der Waals surface area contributed by atoms with E-state index in [1.807, 2.05) is 24.0 Å². The number of carbonyl (C=O) groups is 1. The highest BCUT2D eigenvalue weighted by Crippen LogP contribution is 2.20. The Morgan fingerprint density at radius 1 is 1.13 bits per heavy atom. The number of piperazine rings is 1. The van der Waals surface area contributed by atoms with Crippen molar-refractivity contribution in [3.63, 3.8) is 0 Å². The lowest BCUT2D eigenvalue weighted by molar-refractivity contribution is -0.129. The second-order valence-corrected chi connectivity index (χ2v) is 7.04. The molecule has 0 atom stereocenters. The van der Waals surface area contributed by atoms with Gasteiger partial charge in [0.1, 0.15) is 0 Å². The Kier molecular flexibility index (Phi) is 5.84. The number of hydrogen-bond acceptors (Lipinski definition) is 4. The van der Waals surface area contributed by atoms with Crippen molar-refractivity contribution in [1.82, 2.24) is 9.62 Å². The average Bonchev–Trinajstić information content (AvgIpc) is 2.53. The van der Waals surface area contributed by atoms with Crippen molar-refractivity contribution in [3.8, 4) is 0 Å². The van der Waals surface area contributed by atoms with E-state index >= 15 is 0 Å². The van der Waals surface area contributed by atoms with Gasteiger partial charge in [0.15, 0.2) is 0 Å². The molecule has 0 bridgehead atoms. The van der Waals surface area contributed by atoms with E-state index < -0.39 is 10.2 Å². The maximum absolute atomic E-state index is 11.8. The molecule has 0 spiro atoms. The number of nitrogens with one attached hydrogen (secondary N) is 2. The molecule has 0 aliphatic carbocycles. The van der Waals surface area contributed by atoms with Gasteiger partial charge in [-0.05, 0) is 30.7 Å². The molecule has 0 radical (unpaired) electrons. The van der Waals surface area contributed by atoms with Crippen LogP contribution in [0.1, 0.15) is 20.3 Å². The minimum Gasteiger partial charge on any atom is -0.368 e. The summed E-state index contributed by atoms with van der Waals surface area (Å²) < 4.78 is 28.5. The highest BCUT2D eigenvalue weighted by atomic mass is 32.2. The minimum absolute atomic E-state index is 0.106. The van der Waals surface area contributed by atoms with E-state index in [1.165, 1.54) is 0 Å². The van der Waals surface area contributed by atoms with Crippen LogP contribution in [-0.2, 0) is 15.0 Å². The topological polar surface area (TPSA) is 81.8 Å². The molecular formula is C15H24N4O3S. The van der Waals surface area contributed by atoms with E-state index in [4.69, 9.17) is 0 Å². The molecule has 0 saturated carbocycles. The predicted octanol–water partition coefficient (Wildman–Crippen LogP) is 1.01. The third-order valence-corrected chi connectivity index (χ3v) is 4.84. The van der Waals surface area contributed by atoms with Crippen LogP contribution in [0.2, 0.25) is 0 Å². The highest BCUT2D eigenvalue weighted by Gasteiger charge is 2.18. The first-order valence-electron chi connectivity index (χ1n) is 7.79. The number of nitrogens with zero attached hydrogens (tertiary/aromatic N) is 2. The van der Waals surface area contributed by atoms with Crippen molar-refractivity contribution in [1.29, 1.82) is 0 Å². The van der Waals surface area contributed by atoms with E-state index in [0.29, 0.717) is 25.3 Å². The normalized spacial score (nSPS) is 15.6. The van der Waals surface area contributed by atoms with Gasteiger partial charge in [0.2, 0.25) is 5.91 Å². The first kappa shape index (κ1) is 17.6. The Balaban J connectivity index is 1.94. The van der Waals surface area contributed by atoms with Crippen molar-refractivity contribution in [2.75, 3.05) is 42.3 Å². The maximum atomic E-state index is 11.8. The lowest BCUT2D eigenvalue weighted by Crippen LogP contribution is -2.48. The summed E-state index contributed by atoms with van der Waals surface area (Å²) in [6, 6.07) is 7.28. The zero-order chi connectivity index (χ0) is 16.9. The van der Waals surface area contributed by atoms with Crippen LogP contribution in [0.25, 0.3) is 0 Å². The third kappa shape index (κ3) is 5.11. The first-order valence-corrected chi connectivity index (χ1v) is 9.27. The quantitative estimate of drug-likeness (QED) is 0.810. The van der Waals surface area contributed by atoms with Crippen molar-refractivity contribution < 1.29 is 13.2 Å². The second kappa shape index (κ2) is 7.65. The lowest BCUT2D eigenvalue weighted by Gasteiger charge is -2.35. The molecule has 0 unspecified atom stereocenters. The molecule has 2 N–H and O–H groups in total. The number of hydrogen-bond donors (Lipinski definition) is 2. The molecule has 7 nitrogen and oxygen atoms in total. The van der Waals surface area contributed by atoms with Gasteiger partial charge in [-0.1, -0.05) is 6.92 Å². The Morgan fingerprint density at radius 2 is 1.74 bits per heavy atom. The fourth-order valence-electron chi connectivity index (χ4n) is 2.45. The predicted molar refractivity (Wildman–Crippen MR) is 91.7 cm³/mol. The molecule has 2 rings (SSSR count). The standard InChI is InChI=1S/C15H24N4O3S/c1-3-8-16-23(21,22)17-14-4-6-15(7-5-14)19-11-9-18(10-12-19)13(2)20/h4-7,16-17H,3,8-12H2,1-2H3. The van der Waals surface area contributed by atoms with E-state index in [1.54, 1.807) is 19.1 Å². The van der Waals surface area contributed by atoms with E-state index in [9.17, 15) is 13.2 Å².